The maximum atomic E-state index is 13.0. The van der Waals surface area contributed by atoms with Crippen LogP contribution in [0.1, 0.15) is 18.9 Å². The number of amides is 2. The summed E-state index contributed by atoms with van der Waals surface area (Å²) in [6.07, 6.45) is -0.582. The summed E-state index contributed by atoms with van der Waals surface area (Å²) in [6.45, 7) is 2.37. The van der Waals surface area contributed by atoms with Gasteiger partial charge in [-0.2, -0.15) is 0 Å². The van der Waals surface area contributed by atoms with E-state index in [2.05, 4.69) is 0 Å². The van der Waals surface area contributed by atoms with Crippen LogP contribution in [-0.4, -0.2) is 29.4 Å². The highest BCUT2D eigenvalue weighted by Gasteiger charge is 2.22. The fourth-order valence-corrected chi connectivity index (χ4v) is 3.18. The standard InChI is InChI=1S/C25H26N2O3/c1-19(30-23-14-12-22(13-15-23)21-10-6-3-7-11-21)25(29)27(17-16-24(26)28)18-20-8-4-2-5-9-20/h2-15,19H,16-18H2,1H3,(H2,26,28). The monoisotopic (exact) mass is 402 g/mol. The van der Waals surface area contributed by atoms with Gasteiger partial charge in [-0.15, -0.1) is 0 Å². The van der Waals surface area contributed by atoms with Crippen LogP contribution in [0.25, 0.3) is 11.1 Å². The van der Waals surface area contributed by atoms with Gasteiger partial charge in [0.25, 0.3) is 5.91 Å². The highest BCUT2D eigenvalue weighted by Crippen LogP contribution is 2.23. The van der Waals surface area contributed by atoms with Gasteiger partial charge in [-0.3, -0.25) is 9.59 Å². The molecule has 0 aliphatic heterocycles. The van der Waals surface area contributed by atoms with Crippen molar-refractivity contribution in [2.45, 2.75) is 26.0 Å². The number of ether oxygens (including phenoxy) is 1. The number of rotatable bonds is 9. The summed E-state index contributed by atoms with van der Waals surface area (Å²) in [4.78, 5) is 25.9. The molecular formula is C25H26N2O3. The molecule has 1 atom stereocenters. The summed E-state index contributed by atoms with van der Waals surface area (Å²) >= 11 is 0. The second kappa shape index (κ2) is 10.3. The van der Waals surface area contributed by atoms with Gasteiger partial charge in [0.05, 0.1) is 0 Å². The molecule has 30 heavy (non-hydrogen) atoms. The summed E-state index contributed by atoms with van der Waals surface area (Å²) in [5, 5.41) is 0. The minimum atomic E-state index is -0.691. The lowest BCUT2D eigenvalue weighted by atomic mass is 10.1. The van der Waals surface area contributed by atoms with E-state index in [0.29, 0.717) is 12.3 Å². The largest absolute Gasteiger partial charge is 0.481 e. The van der Waals surface area contributed by atoms with Crippen LogP contribution in [0.2, 0.25) is 0 Å². The fourth-order valence-electron chi connectivity index (χ4n) is 3.18. The predicted molar refractivity (Wildman–Crippen MR) is 118 cm³/mol. The predicted octanol–water partition coefficient (Wildman–Crippen LogP) is 4.03. The van der Waals surface area contributed by atoms with Gasteiger partial charge in [-0.25, -0.2) is 0 Å². The molecule has 0 saturated carbocycles. The Labute approximate surface area is 177 Å². The maximum absolute atomic E-state index is 13.0. The van der Waals surface area contributed by atoms with E-state index < -0.39 is 12.0 Å². The number of carbonyl (C=O) groups is 2. The molecule has 2 amide bonds. The molecule has 0 fully saturated rings. The molecule has 0 bridgehead atoms. The topological polar surface area (TPSA) is 72.6 Å². The fraction of sp³-hybridized carbons (Fsp3) is 0.200. The number of carbonyl (C=O) groups excluding carboxylic acids is 2. The first-order valence-corrected chi connectivity index (χ1v) is 9.96. The molecule has 0 radical (unpaired) electrons. The number of nitrogens with zero attached hydrogens (tertiary/aromatic N) is 1. The van der Waals surface area contributed by atoms with Crippen molar-refractivity contribution in [3.8, 4) is 16.9 Å². The highest BCUT2D eigenvalue weighted by molar-refractivity contribution is 5.82. The second-order valence-corrected chi connectivity index (χ2v) is 7.11. The zero-order valence-corrected chi connectivity index (χ0v) is 17.0. The smallest absolute Gasteiger partial charge is 0.263 e. The molecule has 0 aliphatic rings. The van der Waals surface area contributed by atoms with Crippen molar-refractivity contribution >= 4 is 11.8 Å². The van der Waals surface area contributed by atoms with Gasteiger partial charge in [0.1, 0.15) is 5.75 Å². The molecule has 0 heterocycles. The van der Waals surface area contributed by atoms with Crippen molar-refractivity contribution in [1.29, 1.82) is 0 Å². The van der Waals surface area contributed by atoms with Gasteiger partial charge in [0.2, 0.25) is 5.91 Å². The quantitative estimate of drug-likeness (QED) is 0.587. The van der Waals surface area contributed by atoms with E-state index in [1.807, 2.05) is 84.9 Å². The van der Waals surface area contributed by atoms with Crippen LogP contribution >= 0.6 is 0 Å². The Morgan fingerprint density at radius 1 is 0.867 bits per heavy atom. The van der Waals surface area contributed by atoms with Crippen molar-refractivity contribution in [2.24, 2.45) is 5.73 Å². The minimum absolute atomic E-state index is 0.108. The SMILES string of the molecule is CC(Oc1ccc(-c2ccccc2)cc1)C(=O)N(CCC(N)=O)Cc1ccccc1. The lowest BCUT2D eigenvalue weighted by Gasteiger charge is -2.26. The van der Waals surface area contributed by atoms with Crippen LogP contribution < -0.4 is 10.5 Å². The van der Waals surface area contributed by atoms with E-state index in [1.54, 1.807) is 11.8 Å². The Bertz CT molecular complexity index is 957. The van der Waals surface area contributed by atoms with Crippen molar-refractivity contribution in [3.05, 3.63) is 90.5 Å². The van der Waals surface area contributed by atoms with Crippen LogP contribution in [0.5, 0.6) is 5.75 Å². The molecule has 0 spiro atoms. The van der Waals surface area contributed by atoms with Gasteiger partial charge in [-0.1, -0.05) is 72.8 Å². The summed E-state index contributed by atoms with van der Waals surface area (Å²) in [6, 6.07) is 27.3. The van der Waals surface area contributed by atoms with Gasteiger partial charge in [-0.05, 0) is 35.7 Å². The van der Waals surface area contributed by atoms with E-state index in [-0.39, 0.29) is 18.9 Å². The Morgan fingerprint density at radius 3 is 2.03 bits per heavy atom. The molecule has 5 nitrogen and oxygen atoms in total. The van der Waals surface area contributed by atoms with E-state index in [1.165, 1.54) is 0 Å². The van der Waals surface area contributed by atoms with Crippen molar-refractivity contribution < 1.29 is 14.3 Å². The number of hydrogen-bond acceptors (Lipinski definition) is 3. The van der Waals surface area contributed by atoms with Gasteiger partial charge in [0, 0.05) is 19.5 Å². The van der Waals surface area contributed by atoms with Gasteiger partial charge >= 0.3 is 0 Å². The summed E-state index contributed by atoms with van der Waals surface area (Å²) < 4.78 is 5.89. The first-order chi connectivity index (χ1) is 14.5. The Hall–Kier alpha value is -3.60. The molecular weight excluding hydrogens is 376 g/mol. The van der Waals surface area contributed by atoms with Crippen LogP contribution in [-0.2, 0) is 16.1 Å². The molecule has 3 aromatic carbocycles. The van der Waals surface area contributed by atoms with Crippen LogP contribution in [0, 0.1) is 0 Å². The van der Waals surface area contributed by atoms with E-state index in [9.17, 15) is 9.59 Å². The van der Waals surface area contributed by atoms with Crippen molar-refractivity contribution in [1.82, 2.24) is 4.90 Å². The number of primary amides is 1. The van der Waals surface area contributed by atoms with Crippen LogP contribution in [0.3, 0.4) is 0 Å². The third-order valence-electron chi connectivity index (χ3n) is 4.78. The number of hydrogen-bond donors (Lipinski definition) is 1. The molecule has 2 N–H and O–H groups in total. The minimum Gasteiger partial charge on any atom is -0.481 e. The first-order valence-electron chi connectivity index (χ1n) is 9.96. The molecule has 3 aromatic rings. The third kappa shape index (κ3) is 5.95. The molecule has 154 valence electrons. The van der Waals surface area contributed by atoms with E-state index in [4.69, 9.17) is 10.5 Å². The number of nitrogens with two attached hydrogens (primary N) is 1. The third-order valence-corrected chi connectivity index (χ3v) is 4.78. The van der Waals surface area contributed by atoms with Crippen LogP contribution in [0.4, 0.5) is 0 Å². The van der Waals surface area contributed by atoms with Gasteiger partial charge in [0.15, 0.2) is 6.10 Å². The lowest BCUT2D eigenvalue weighted by Crippen LogP contribution is -2.41. The zero-order chi connectivity index (χ0) is 21.3. The molecule has 5 heteroatoms. The molecule has 0 saturated heterocycles. The Balaban J connectivity index is 1.67. The molecule has 1 unspecified atom stereocenters. The molecule has 0 aromatic heterocycles. The Morgan fingerprint density at radius 2 is 1.43 bits per heavy atom. The number of benzene rings is 3. The average molecular weight is 402 g/mol. The Kier molecular flexibility index (Phi) is 7.22. The van der Waals surface area contributed by atoms with Gasteiger partial charge < -0.3 is 15.4 Å². The summed E-state index contributed by atoms with van der Waals surface area (Å²) in [5.74, 6) is -0.0109. The highest BCUT2D eigenvalue weighted by atomic mass is 16.5. The molecule has 0 aliphatic carbocycles. The van der Waals surface area contributed by atoms with Crippen molar-refractivity contribution in [2.75, 3.05) is 6.54 Å². The normalized spacial score (nSPS) is 11.5. The zero-order valence-electron chi connectivity index (χ0n) is 17.0. The summed E-state index contributed by atoms with van der Waals surface area (Å²) in [7, 11) is 0. The molecule has 3 rings (SSSR count). The van der Waals surface area contributed by atoms with Crippen LogP contribution in [0.15, 0.2) is 84.9 Å². The van der Waals surface area contributed by atoms with Crippen molar-refractivity contribution in [3.63, 3.8) is 0 Å². The average Bonchev–Trinajstić information content (AvgIpc) is 2.78. The lowest BCUT2D eigenvalue weighted by molar-refractivity contribution is -0.139. The maximum Gasteiger partial charge on any atom is 0.263 e. The first kappa shape index (κ1) is 21.1. The van der Waals surface area contributed by atoms with E-state index in [0.717, 1.165) is 16.7 Å². The second-order valence-electron chi connectivity index (χ2n) is 7.11. The van der Waals surface area contributed by atoms with E-state index >= 15 is 0 Å². The summed E-state index contributed by atoms with van der Waals surface area (Å²) in [5.41, 5.74) is 8.47.